The number of hydrogen-bond acceptors (Lipinski definition) is 11. The zero-order chi connectivity index (χ0) is 32.4. The second-order valence-corrected chi connectivity index (χ2v) is 11.8. The van der Waals surface area contributed by atoms with Gasteiger partial charge in [0.05, 0.1) is 16.9 Å². The van der Waals surface area contributed by atoms with E-state index in [1.165, 1.54) is 63.8 Å². The molecule has 4 N–H and O–H groups in total. The van der Waals surface area contributed by atoms with Crippen molar-refractivity contribution < 1.29 is 13.0 Å². The van der Waals surface area contributed by atoms with E-state index < -0.39 is 27.6 Å². The van der Waals surface area contributed by atoms with Gasteiger partial charge in [0.1, 0.15) is 16.6 Å². The summed E-state index contributed by atoms with van der Waals surface area (Å²) < 4.78 is 21.2. The van der Waals surface area contributed by atoms with Crippen molar-refractivity contribution in [2.75, 3.05) is 6.26 Å². The molecule has 0 radical (unpaired) electrons. The van der Waals surface area contributed by atoms with Crippen molar-refractivity contribution in [1.29, 1.82) is 5.26 Å². The van der Waals surface area contributed by atoms with Crippen LogP contribution in [-0.4, -0.2) is 36.4 Å². The van der Waals surface area contributed by atoms with Crippen molar-refractivity contribution in [3.63, 3.8) is 0 Å². The third-order valence-electron chi connectivity index (χ3n) is 7.31. The maximum Gasteiger partial charge on any atom is 0.337 e. The molecule has 236 valence electrons. The third kappa shape index (κ3) is 8.90. The normalized spacial score (nSPS) is 14.8. The zero-order valence-electron chi connectivity index (χ0n) is 25.4. The molecule has 4 aromatic rings. The van der Waals surface area contributed by atoms with E-state index in [0.717, 1.165) is 6.42 Å². The van der Waals surface area contributed by atoms with Gasteiger partial charge in [0.25, 0.3) is 11.1 Å². The van der Waals surface area contributed by atoms with Gasteiger partial charge in [-0.3, -0.25) is 18.8 Å². The minimum Gasteiger partial charge on any atom is -0.403 e. The van der Waals surface area contributed by atoms with Crippen LogP contribution in [0.3, 0.4) is 0 Å². The van der Waals surface area contributed by atoms with Crippen LogP contribution in [0.4, 0.5) is 0 Å². The number of fused-ring (bicyclic) bond motifs is 2. The molecule has 1 unspecified atom stereocenters. The molecule has 13 nitrogen and oxygen atoms in total. The van der Waals surface area contributed by atoms with Crippen molar-refractivity contribution in [3.05, 3.63) is 70.6 Å². The lowest BCUT2D eigenvalue weighted by Crippen LogP contribution is -2.27. The van der Waals surface area contributed by atoms with Crippen LogP contribution >= 0.6 is 0 Å². The standard InChI is InChI=1S/C14H16N2O3.C10H10N2O4S.C4H9N.C2H3N/c1-2-9-7-11(17)19-14-12(9)13(18)15-10(16-14)6-8-4-3-5-8;1-3-5-4-6(13)16-9-7(5)8(14)11-10(12-9)17(2)15;5-4-2-1-3-4;1-2-3/h7-8H,2-6H2,1H3,(H,15,16,18);4H,3H2,1-2H3,(H,11,12,14);4H,1-3,5H2;1H3. The molecule has 0 aromatic carbocycles. The number of rotatable bonds is 5. The molecule has 6 rings (SSSR count). The highest BCUT2D eigenvalue weighted by atomic mass is 32.2. The van der Waals surface area contributed by atoms with Crippen LogP contribution in [0.1, 0.15) is 76.2 Å². The molecule has 14 heteroatoms. The first-order valence-electron chi connectivity index (χ1n) is 14.5. The molecule has 0 aliphatic heterocycles. The average Bonchev–Trinajstić information content (AvgIpc) is 2.93. The minimum absolute atomic E-state index is 0.00102. The molecule has 2 saturated carbocycles. The fraction of sp³-hybridized carbons (Fsp3) is 0.500. The van der Waals surface area contributed by atoms with Crippen LogP contribution in [0.15, 0.2) is 45.3 Å². The van der Waals surface area contributed by atoms with E-state index >= 15 is 0 Å². The fourth-order valence-electron chi connectivity index (χ4n) is 4.52. The van der Waals surface area contributed by atoms with E-state index in [-0.39, 0.29) is 27.5 Å². The number of aromatic amines is 2. The molecule has 0 bridgehead atoms. The maximum absolute atomic E-state index is 12.1. The Labute approximate surface area is 255 Å². The summed E-state index contributed by atoms with van der Waals surface area (Å²) in [6.45, 7) is 5.15. The Morgan fingerprint density at radius 2 is 1.36 bits per heavy atom. The Morgan fingerprint density at radius 3 is 1.75 bits per heavy atom. The number of aromatic nitrogens is 4. The Morgan fingerprint density at radius 1 is 0.909 bits per heavy atom. The Balaban J connectivity index is 0.000000194. The molecular formula is C30H38N6O7S. The fourth-order valence-corrected chi connectivity index (χ4v) is 4.97. The molecule has 4 aromatic heterocycles. The lowest BCUT2D eigenvalue weighted by Gasteiger charge is -2.24. The lowest BCUT2D eigenvalue weighted by atomic mass is 9.83. The molecule has 1 atom stereocenters. The first-order valence-corrected chi connectivity index (χ1v) is 16.1. The highest BCUT2D eigenvalue weighted by molar-refractivity contribution is 7.84. The predicted octanol–water partition coefficient (Wildman–Crippen LogP) is 2.98. The highest BCUT2D eigenvalue weighted by Gasteiger charge is 2.20. The minimum atomic E-state index is -1.44. The van der Waals surface area contributed by atoms with Crippen molar-refractivity contribution in [1.82, 2.24) is 19.9 Å². The van der Waals surface area contributed by atoms with Crippen molar-refractivity contribution in [3.8, 4) is 6.07 Å². The van der Waals surface area contributed by atoms with Gasteiger partial charge >= 0.3 is 11.3 Å². The monoisotopic (exact) mass is 626 g/mol. The number of nitrogens with zero attached hydrogens (tertiary/aromatic N) is 3. The van der Waals surface area contributed by atoms with Gasteiger partial charge in [-0.1, -0.05) is 39.5 Å². The summed E-state index contributed by atoms with van der Waals surface area (Å²) in [5, 5.41) is 7.96. The summed E-state index contributed by atoms with van der Waals surface area (Å²) in [6.07, 6.45) is 10.8. The summed E-state index contributed by atoms with van der Waals surface area (Å²) in [6, 6.07) is 4.95. The van der Waals surface area contributed by atoms with Crippen molar-refractivity contribution in [2.24, 2.45) is 11.7 Å². The molecular weight excluding hydrogens is 588 g/mol. The van der Waals surface area contributed by atoms with Crippen LogP contribution in [-0.2, 0) is 30.1 Å². The molecule has 0 amide bonds. The number of nitrogens with one attached hydrogen (secondary N) is 2. The Bertz CT molecular complexity index is 1900. The van der Waals surface area contributed by atoms with E-state index in [1.54, 1.807) is 6.07 Å². The molecule has 44 heavy (non-hydrogen) atoms. The topological polar surface area (TPSA) is 219 Å². The van der Waals surface area contributed by atoms with Crippen molar-refractivity contribution >= 4 is 33.0 Å². The van der Waals surface area contributed by atoms with E-state index in [2.05, 4.69) is 19.9 Å². The quantitative estimate of drug-likeness (QED) is 0.273. The molecule has 4 heterocycles. The Hall–Kier alpha value is -4.22. The summed E-state index contributed by atoms with van der Waals surface area (Å²) in [5.74, 6) is 1.22. The number of nitriles is 1. The molecule has 2 aliphatic rings. The van der Waals surface area contributed by atoms with Crippen LogP contribution < -0.4 is 28.1 Å². The van der Waals surface area contributed by atoms with Gasteiger partial charge in [-0.05, 0) is 42.7 Å². The third-order valence-corrected chi connectivity index (χ3v) is 8.05. The van der Waals surface area contributed by atoms with Gasteiger partial charge in [0, 0.05) is 37.8 Å². The maximum atomic E-state index is 12.1. The van der Waals surface area contributed by atoms with Gasteiger partial charge in [0.2, 0.25) is 16.6 Å². The first kappa shape index (κ1) is 34.3. The molecule has 2 fully saturated rings. The van der Waals surface area contributed by atoms with Crippen LogP contribution in [0.25, 0.3) is 22.2 Å². The van der Waals surface area contributed by atoms with Gasteiger partial charge in [-0.2, -0.15) is 15.2 Å². The predicted molar refractivity (Wildman–Crippen MR) is 167 cm³/mol. The Kier molecular flexibility index (Phi) is 12.5. The number of hydrogen-bond donors (Lipinski definition) is 3. The number of nitrogens with two attached hydrogens (primary N) is 1. The van der Waals surface area contributed by atoms with Crippen LogP contribution in [0.5, 0.6) is 0 Å². The van der Waals surface area contributed by atoms with Gasteiger partial charge < -0.3 is 19.6 Å². The van der Waals surface area contributed by atoms with Gasteiger partial charge in [-0.25, -0.2) is 9.59 Å². The number of H-pyrrole nitrogens is 2. The van der Waals surface area contributed by atoms with E-state index in [4.69, 9.17) is 19.8 Å². The highest BCUT2D eigenvalue weighted by Crippen LogP contribution is 2.28. The summed E-state index contributed by atoms with van der Waals surface area (Å²) in [5.41, 5.74) is 5.07. The smallest absolute Gasteiger partial charge is 0.337 e. The molecule has 0 spiro atoms. The zero-order valence-corrected chi connectivity index (χ0v) is 26.2. The largest absolute Gasteiger partial charge is 0.403 e. The van der Waals surface area contributed by atoms with E-state index in [1.807, 2.05) is 13.8 Å². The summed E-state index contributed by atoms with van der Waals surface area (Å²) in [7, 11) is -1.44. The first-order chi connectivity index (χ1) is 21.0. The van der Waals surface area contributed by atoms with Crippen LogP contribution in [0.2, 0.25) is 0 Å². The second-order valence-electron chi connectivity index (χ2n) is 10.5. The van der Waals surface area contributed by atoms with E-state index in [9.17, 15) is 23.4 Å². The molecule has 0 saturated heterocycles. The van der Waals surface area contributed by atoms with Crippen LogP contribution in [0, 0.1) is 17.2 Å². The summed E-state index contributed by atoms with van der Waals surface area (Å²) in [4.78, 5) is 60.1. The number of aryl methyl sites for hydroxylation is 2. The summed E-state index contributed by atoms with van der Waals surface area (Å²) >= 11 is 0. The molecule has 2 aliphatic carbocycles. The van der Waals surface area contributed by atoms with E-state index in [0.29, 0.717) is 47.1 Å². The second kappa shape index (κ2) is 16.0. The lowest BCUT2D eigenvalue weighted by molar-refractivity contribution is 0.309. The SMILES string of the molecule is CC#N.CCc1cc(=O)oc2nc(CC3CCC3)[nH]c(=O)c12.CCc1cc(=O)oc2nc(S(C)=O)[nH]c(=O)c12.NC1CCC1. The van der Waals surface area contributed by atoms with Gasteiger partial charge in [-0.15, -0.1) is 0 Å². The average molecular weight is 627 g/mol. The van der Waals surface area contributed by atoms with Gasteiger partial charge in [0.15, 0.2) is 0 Å². The van der Waals surface area contributed by atoms with Crippen molar-refractivity contribution in [2.45, 2.75) is 89.8 Å².